The Kier molecular flexibility index (Phi) is 2.74. The Hall–Kier alpha value is -2.08. The molecular weight excluding hydrogens is 198 g/mol. The highest BCUT2D eigenvalue weighted by Crippen LogP contribution is 2.20. The Balaban J connectivity index is 2.32. The van der Waals surface area contributed by atoms with Crippen LogP contribution in [0.4, 0.5) is 0 Å². The maximum absolute atomic E-state index is 8.71. The van der Waals surface area contributed by atoms with Crippen LogP contribution in [0.5, 0.6) is 0 Å². The highest BCUT2D eigenvalue weighted by molar-refractivity contribution is 5.59. The molecule has 1 aromatic heterocycles. The van der Waals surface area contributed by atoms with Gasteiger partial charge in [-0.1, -0.05) is 26.0 Å². The molecule has 0 aliphatic heterocycles. The minimum absolute atomic E-state index is 0.395. The normalized spacial score (nSPS) is 10.4. The summed E-state index contributed by atoms with van der Waals surface area (Å²) in [5.74, 6) is 1.38. The Bertz CT molecular complexity index is 515. The molecule has 0 saturated heterocycles. The number of aromatic nitrogens is 2. The lowest BCUT2D eigenvalue weighted by Gasteiger charge is -1.99. The highest BCUT2D eigenvalue weighted by atomic mass is 14.9. The number of nitrogens with one attached hydrogen (secondary N) is 1. The van der Waals surface area contributed by atoms with Crippen molar-refractivity contribution in [3.05, 3.63) is 41.9 Å². The topological polar surface area (TPSA) is 52.5 Å². The molecule has 1 aromatic carbocycles. The standard InChI is InChI=1S/C13H13N3/c1-9(2)13-15-8-12(16-13)11-5-3-10(7-14)4-6-11/h3-6,8-9H,1-2H3,(H,15,16). The lowest BCUT2D eigenvalue weighted by Crippen LogP contribution is -1.89. The van der Waals surface area contributed by atoms with Gasteiger partial charge >= 0.3 is 0 Å². The number of imidazole rings is 1. The molecule has 0 amide bonds. The molecule has 0 radical (unpaired) electrons. The van der Waals surface area contributed by atoms with Gasteiger partial charge in [0.2, 0.25) is 0 Å². The molecule has 0 atom stereocenters. The largest absolute Gasteiger partial charge is 0.342 e. The number of H-pyrrole nitrogens is 1. The summed E-state index contributed by atoms with van der Waals surface area (Å²) in [5, 5.41) is 8.71. The first-order valence-electron chi connectivity index (χ1n) is 5.26. The first-order chi connectivity index (χ1) is 7.70. The summed E-state index contributed by atoms with van der Waals surface area (Å²) in [6, 6.07) is 9.58. The van der Waals surface area contributed by atoms with E-state index >= 15 is 0 Å². The molecule has 80 valence electrons. The number of nitrogens with zero attached hydrogens (tertiary/aromatic N) is 2. The number of hydrogen-bond acceptors (Lipinski definition) is 2. The first-order valence-corrected chi connectivity index (χ1v) is 5.26. The fraction of sp³-hybridized carbons (Fsp3) is 0.231. The van der Waals surface area contributed by atoms with Gasteiger partial charge < -0.3 is 4.98 Å². The zero-order valence-corrected chi connectivity index (χ0v) is 9.36. The molecule has 0 aliphatic carbocycles. The lowest BCUT2D eigenvalue weighted by atomic mass is 10.1. The van der Waals surface area contributed by atoms with E-state index in [1.165, 1.54) is 0 Å². The van der Waals surface area contributed by atoms with Crippen LogP contribution >= 0.6 is 0 Å². The van der Waals surface area contributed by atoms with E-state index in [-0.39, 0.29) is 0 Å². The van der Waals surface area contributed by atoms with Gasteiger partial charge in [-0.25, -0.2) is 4.98 Å². The van der Waals surface area contributed by atoms with Crippen molar-refractivity contribution in [2.24, 2.45) is 0 Å². The second-order valence-electron chi connectivity index (χ2n) is 4.03. The SMILES string of the molecule is CC(C)c1ncc(-c2ccc(C#N)cc2)[nH]1. The molecule has 0 fully saturated rings. The van der Waals surface area contributed by atoms with Crippen LogP contribution in [-0.4, -0.2) is 9.97 Å². The summed E-state index contributed by atoms with van der Waals surface area (Å²) in [5.41, 5.74) is 2.72. The third-order valence-corrected chi connectivity index (χ3v) is 2.47. The summed E-state index contributed by atoms with van der Waals surface area (Å²) < 4.78 is 0. The molecular formula is C13H13N3. The van der Waals surface area contributed by atoms with E-state index in [1.54, 1.807) is 0 Å². The summed E-state index contributed by atoms with van der Waals surface area (Å²) >= 11 is 0. The fourth-order valence-electron chi connectivity index (χ4n) is 1.50. The molecule has 1 heterocycles. The fourth-order valence-corrected chi connectivity index (χ4v) is 1.50. The quantitative estimate of drug-likeness (QED) is 0.829. The third kappa shape index (κ3) is 1.96. The summed E-state index contributed by atoms with van der Waals surface area (Å²) in [6.07, 6.45) is 1.83. The molecule has 0 aliphatic rings. The van der Waals surface area contributed by atoms with Crippen molar-refractivity contribution >= 4 is 0 Å². The number of rotatable bonds is 2. The monoisotopic (exact) mass is 211 g/mol. The van der Waals surface area contributed by atoms with Crippen LogP contribution in [0.2, 0.25) is 0 Å². The maximum atomic E-state index is 8.71. The maximum Gasteiger partial charge on any atom is 0.109 e. The van der Waals surface area contributed by atoms with E-state index in [4.69, 9.17) is 5.26 Å². The van der Waals surface area contributed by atoms with Crippen molar-refractivity contribution in [2.75, 3.05) is 0 Å². The number of aromatic amines is 1. The van der Waals surface area contributed by atoms with Crippen molar-refractivity contribution in [2.45, 2.75) is 19.8 Å². The molecule has 3 heteroatoms. The van der Waals surface area contributed by atoms with Crippen LogP contribution < -0.4 is 0 Å². The average molecular weight is 211 g/mol. The predicted octanol–water partition coefficient (Wildman–Crippen LogP) is 3.07. The van der Waals surface area contributed by atoms with Crippen molar-refractivity contribution < 1.29 is 0 Å². The lowest BCUT2D eigenvalue weighted by molar-refractivity contribution is 0.795. The van der Waals surface area contributed by atoms with Gasteiger partial charge in [-0.15, -0.1) is 0 Å². The Morgan fingerprint density at radius 3 is 2.44 bits per heavy atom. The van der Waals surface area contributed by atoms with Gasteiger partial charge in [-0.05, 0) is 17.7 Å². The van der Waals surface area contributed by atoms with Gasteiger partial charge in [0.15, 0.2) is 0 Å². The Morgan fingerprint density at radius 2 is 1.94 bits per heavy atom. The first kappa shape index (κ1) is 10.4. The number of benzene rings is 1. The second-order valence-corrected chi connectivity index (χ2v) is 4.03. The van der Waals surface area contributed by atoms with E-state index in [2.05, 4.69) is 29.9 Å². The van der Waals surface area contributed by atoms with Crippen LogP contribution in [0.3, 0.4) is 0 Å². The molecule has 1 N–H and O–H groups in total. The number of hydrogen-bond donors (Lipinski definition) is 1. The van der Waals surface area contributed by atoms with E-state index in [0.29, 0.717) is 11.5 Å². The summed E-state index contributed by atoms with van der Waals surface area (Å²) in [6.45, 7) is 4.20. The van der Waals surface area contributed by atoms with Crippen LogP contribution in [0.1, 0.15) is 31.2 Å². The van der Waals surface area contributed by atoms with Crippen LogP contribution in [0.15, 0.2) is 30.5 Å². The molecule has 0 bridgehead atoms. The minimum atomic E-state index is 0.395. The zero-order valence-electron chi connectivity index (χ0n) is 9.36. The molecule has 2 rings (SSSR count). The van der Waals surface area contributed by atoms with E-state index < -0.39 is 0 Å². The van der Waals surface area contributed by atoms with Gasteiger partial charge in [0.25, 0.3) is 0 Å². The van der Waals surface area contributed by atoms with Crippen molar-refractivity contribution in [1.82, 2.24) is 9.97 Å². The number of nitriles is 1. The van der Waals surface area contributed by atoms with E-state index in [0.717, 1.165) is 17.1 Å². The molecule has 0 unspecified atom stereocenters. The average Bonchev–Trinajstić information content (AvgIpc) is 2.78. The highest BCUT2D eigenvalue weighted by Gasteiger charge is 2.05. The van der Waals surface area contributed by atoms with Gasteiger partial charge in [0.1, 0.15) is 5.82 Å². The molecule has 2 aromatic rings. The summed E-state index contributed by atoms with van der Waals surface area (Å²) in [7, 11) is 0. The Morgan fingerprint density at radius 1 is 1.25 bits per heavy atom. The Labute approximate surface area is 94.8 Å². The van der Waals surface area contributed by atoms with Gasteiger partial charge in [0, 0.05) is 5.92 Å². The van der Waals surface area contributed by atoms with Crippen molar-refractivity contribution in [3.8, 4) is 17.3 Å². The van der Waals surface area contributed by atoms with Gasteiger partial charge in [-0.2, -0.15) is 5.26 Å². The molecule has 3 nitrogen and oxygen atoms in total. The second kappa shape index (κ2) is 4.19. The van der Waals surface area contributed by atoms with E-state index in [1.807, 2.05) is 30.5 Å². The van der Waals surface area contributed by atoms with E-state index in [9.17, 15) is 0 Å². The molecule has 0 spiro atoms. The van der Waals surface area contributed by atoms with Gasteiger partial charge in [0.05, 0.1) is 23.5 Å². The van der Waals surface area contributed by atoms with Crippen LogP contribution in [0.25, 0.3) is 11.3 Å². The van der Waals surface area contributed by atoms with Crippen molar-refractivity contribution in [1.29, 1.82) is 5.26 Å². The molecule has 0 saturated carbocycles. The van der Waals surface area contributed by atoms with Crippen LogP contribution in [0, 0.1) is 11.3 Å². The zero-order chi connectivity index (χ0) is 11.5. The third-order valence-electron chi connectivity index (χ3n) is 2.47. The minimum Gasteiger partial charge on any atom is -0.342 e. The predicted molar refractivity (Wildman–Crippen MR) is 62.8 cm³/mol. The van der Waals surface area contributed by atoms with Gasteiger partial charge in [-0.3, -0.25) is 0 Å². The van der Waals surface area contributed by atoms with Crippen LogP contribution in [-0.2, 0) is 0 Å². The summed E-state index contributed by atoms with van der Waals surface area (Å²) in [4.78, 5) is 7.59. The molecule has 16 heavy (non-hydrogen) atoms. The smallest absolute Gasteiger partial charge is 0.109 e. The van der Waals surface area contributed by atoms with Crippen molar-refractivity contribution in [3.63, 3.8) is 0 Å².